The molecule has 1 N–H and O–H groups in total. The second kappa shape index (κ2) is 7.14. The Kier molecular flexibility index (Phi) is 5.51. The van der Waals surface area contributed by atoms with E-state index in [4.69, 9.17) is 23.2 Å². The van der Waals surface area contributed by atoms with Crippen molar-refractivity contribution in [3.05, 3.63) is 33.8 Å². The van der Waals surface area contributed by atoms with E-state index >= 15 is 0 Å². The second-order valence-electron chi connectivity index (χ2n) is 5.13. The van der Waals surface area contributed by atoms with Crippen LogP contribution in [-0.2, 0) is 0 Å². The lowest BCUT2D eigenvalue weighted by Crippen LogP contribution is -2.27. The van der Waals surface area contributed by atoms with Gasteiger partial charge in [-0.15, -0.1) is 0 Å². The molecule has 1 atom stereocenters. The van der Waals surface area contributed by atoms with Gasteiger partial charge in [-0.3, -0.25) is 0 Å². The lowest BCUT2D eigenvalue weighted by atomic mass is 9.87. The Bertz CT molecular complexity index is 462. The standard InChI is InChI=1S/C15H18Cl2N2/c16-14-4-3-12(9-15(14)17)13(10-18)2-1-11-5-7-19-8-6-11/h3-4,9,11,13,19H,1-2,5-8H2. The van der Waals surface area contributed by atoms with Crippen LogP contribution >= 0.6 is 23.2 Å². The molecule has 0 aromatic heterocycles. The van der Waals surface area contributed by atoms with Gasteiger partial charge in [0, 0.05) is 0 Å². The summed E-state index contributed by atoms with van der Waals surface area (Å²) in [6, 6.07) is 7.89. The Morgan fingerprint density at radius 2 is 2.00 bits per heavy atom. The van der Waals surface area contributed by atoms with Crippen molar-refractivity contribution in [2.24, 2.45) is 5.92 Å². The zero-order chi connectivity index (χ0) is 13.7. The molecule has 4 heteroatoms. The molecule has 102 valence electrons. The quantitative estimate of drug-likeness (QED) is 0.895. The molecule has 2 rings (SSSR count). The van der Waals surface area contributed by atoms with Crippen molar-refractivity contribution in [2.75, 3.05) is 13.1 Å². The summed E-state index contributed by atoms with van der Waals surface area (Å²) < 4.78 is 0. The van der Waals surface area contributed by atoms with E-state index in [1.807, 2.05) is 12.1 Å². The van der Waals surface area contributed by atoms with Gasteiger partial charge in [-0.2, -0.15) is 5.26 Å². The third-order valence-corrected chi connectivity index (χ3v) is 4.56. The fourth-order valence-corrected chi connectivity index (χ4v) is 2.91. The highest BCUT2D eigenvalue weighted by Gasteiger charge is 2.17. The van der Waals surface area contributed by atoms with Crippen LogP contribution in [0.3, 0.4) is 0 Å². The first-order valence-corrected chi connectivity index (χ1v) is 7.51. The first-order valence-electron chi connectivity index (χ1n) is 6.76. The zero-order valence-electron chi connectivity index (χ0n) is 10.8. The highest BCUT2D eigenvalue weighted by atomic mass is 35.5. The summed E-state index contributed by atoms with van der Waals surface area (Å²) >= 11 is 11.9. The molecule has 0 amide bonds. The van der Waals surface area contributed by atoms with Crippen LogP contribution in [0.25, 0.3) is 0 Å². The maximum atomic E-state index is 9.33. The predicted molar refractivity (Wildman–Crippen MR) is 79.6 cm³/mol. The Balaban J connectivity index is 1.95. The molecule has 0 aliphatic carbocycles. The number of benzene rings is 1. The highest BCUT2D eigenvalue weighted by molar-refractivity contribution is 6.42. The summed E-state index contributed by atoms with van der Waals surface area (Å²) in [7, 11) is 0. The monoisotopic (exact) mass is 296 g/mol. The van der Waals surface area contributed by atoms with Crippen LogP contribution in [0.15, 0.2) is 18.2 Å². The van der Waals surface area contributed by atoms with E-state index in [-0.39, 0.29) is 5.92 Å². The molecule has 1 aromatic rings. The summed E-state index contributed by atoms with van der Waals surface area (Å²) in [4.78, 5) is 0. The minimum absolute atomic E-state index is 0.0790. The smallest absolute Gasteiger partial charge is 0.0713 e. The first kappa shape index (κ1) is 14.7. The van der Waals surface area contributed by atoms with Gasteiger partial charge in [0.1, 0.15) is 0 Å². The lowest BCUT2D eigenvalue weighted by Gasteiger charge is -2.23. The zero-order valence-corrected chi connectivity index (χ0v) is 12.3. The van der Waals surface area contributed by atoms with Gasteiger partial charge in [-0.1, -0.05) is 29.3 Å². The molecule has 1 aromatic carbocycles. The minimum atomic E-state index is -0.0790. The summed E-state index contributed by atoms with van der Waals surface area (Å²) in [5.41, 5.74) is 0.978. The Hall–Kier alpha value is -0.750. The minimum Gasteiger partial charge on any atom is -0.317 e. The Morgan fingerprint density at radius 1 is 1.26 bits per heavy atom. The second-order valence-corrected chi connectivity index (χ2v) is 5.94. The molecule has 0 spiro atoms. The van der Waals surface area contributed by atoms with Crippen molar-refractivity contribution in [1.29, 1.82) is 5.26 Å². The number of nitrogens with zero attached hydrogens (tertiary/aromatic N) is 1. The molecule has 1 unspecified atom stereocenters. The number of halogens is 2. The Labute approximate surface area is 124 Å². The van der Waals surface area contributed by atoms with Crippen LogP contribution in [0.2, 0.25) is 10.0 Å². The molecule has 1 aliphatic rings. The summed E-state index contributed by atoms with van der Waals surface area (Å²) in [5, 5.41) is 13.8. The Morgan fingerprint density at radius 3 is 2.63 bits per heavy atom. The van der Waals surface area contributed by atoms with E-state index in [1.54, 1.807) is 6.07 Å². The molecule has 1 saturated heterocycles. The van der Waals surface area contributed by atoms with Gasteiger partial charge in [-0.25, -0.2) is 0 Å². The van der Waals surface area contributed by atoms with Gasteiger partial charge in [-0.05, 0) is 62.4 Å². The van der Waals surface area contributed by atoms with Crippen molar-refractivity contribution in [3.8, 4) is 6.07 Å². The van der Waals surface area contributed by atoms with Crippen LogP contribution < -0.4 is 5.32 Å². The van der Waals surface area contributed by atoms with Gasteiger partial charge >= 0.3 is 0 Å². The van der Waals surface area contributed by atoms with Crippen LogP contribution in [0.1, 0.15) is 37.2 Å². The van der Waals surface area contributed by atoms with Crippen LogP contribution in [-0.4, -0.2) is 13.1 Å². The summed E-state index contributed by atoms with van der Waals surface area (Å²) in [6.45, 7) is 2.21. The first-order chi connectivity index (χ1) is 9.20. The van der Waals surface area contributed by atoms with Crippen molar-refractivity contribution in [3.63, 3.8) is 0 Å². The third kappa shape index (κ3) is 4.11. The van der Waals surface area contributed by atoms with Crippen LogP contribution in [0, 0.1) is 17.2 Å². The van der Waals surface area contributed by atoms with Crippen molar-refractivity contribution >= 4 is 23.2 Å². The van der Waals surface area contributed by atoms with Gasteiger partial charge in [0.25, 0.3) is 0 Å². The lowest BCUT2D eigenvalue weighted by molar-refractivity contribution is 0.343. The number of nitriles is 1. The normalized spacial score (nSPS) is 17.9. The van der Waals surface area contributed by atoms with Gasteiger partial charge in [0.2, 0.25) is 0 Å². The van der Waals surface area contributed by atoms with E-state index < -0.39 is 0 Å². The maximum Gasteiger partial charge on any atom is 0.0713 e. The van der Waals surface area contributed by atoms with E-state index in [0.29, 0.717) is 10.0 Å². The van der Waals surface area contributed by atoms with Gasteiger partial charge in [0.15, 0.2) is 0 Å². The van der Waals surface area contributed by atoms with Crippen LogP contribution in [0.4, 0.5) is 0 Å². The average Bonchev–Trinajstić information content (AvgIpc) is 2.44. The molecule has 2 nitrogen and oxygen atoms in total. The molecule has 0 radical (unpaired) electrons. The number of rotatable bonds is 4. The molecular weight excluding hydrogens is 279 g/mol. The van der Waals surface area contributed by atoms with Gasteiger partial charge < -0.3 is 5.32 Å². The summed E-state index contributed by atoms with van der Waals surface area (Å²) in [6.07, 6.45) is 4.46. The van der Waals surface area contributed by atoms with E-state index in [2.05, 4.69) is 11.4 Å². The highest BCUT2D eigenvalue weighted by Crippen LogP contribution is 2.30. The molecule has 0 saturated carbocycles. The van der Waals surface area contributed by atoms with E-state index in [1.165, 1.54) is 12.8 Å². The average molecular weight is 297 g/mol. The number of piperidine rings is 1. The largest absolute Gasteiger partial charge is 0.317 e. The van der Waals surface area contributed by atoms with Crippen molar-refractivity contribution in [1.82, 2.24) is 5.32 Å². The van der Waals surface area contributed by atoms with Crippen molar-refractivity contribution < 1.29 is 0 Å². The molecule has 1 aliphatic heterocycles. The number of nitrogens with one attached hydrogen (secondary N) is 1. The fraction of sp³-hybridized carbons (Fsp3) is 0.533. The molecule has 1 heterocycles. The third-order valence-electron chi connectivity index (χ3n) is 3.82. The predicted octanol–water partition coefficient (Wildman–Crippen LogP) is 4.38. The molecule has 19 heavy (non-hydrogen) atoms. The van der Waals surface area contributed by atoms with E-state index in [9.17, 15) is 5.26 Å². The molecule has 0 bridgehead atoms. The molecule has 1 fully saturated rings. The van der Waals surface area contributed by atoms with Gasteiger partial charge in [0.05, 0.1) is 22.0 Å². The van der Waals surface area contributed by atoms with Crippen LogP contribution in [0.5, 0.6) is 0 Å². The maximum absolute atomic E-state index is 9.33. The SMILES string of the molecule is N#CC(CCC1CCNCC1)c1ccc(Cl)c(Cl)c1. The van der Waals surface area contributed by atoms with Crippen molar-refractivity contribution in [2.45, 2.75) is 31.6 Å². The summed E-state index contributed by atoms with van der Waals surface area (Å²) in [5.74, 6) is 0.671. The topological polar surface area (TPSA) is 35.8 Å². The fourth-order valence-electron chi connectivity index (χ4n) is 2.61. The number of hydrogen-bond donors (Lipinski definition) is 1. The molecular formula is C15H18Cl2N2. The van der Waals surface area contributed by atoms with E-state index in [0.717, 1.165) is 37.4 Å². The number of hydrogen-bond acceptors (Lipinski definition) is 2.